The zero-order valence-electron chi connectivity index (χ0n) is 14.2. The standard InChI is InChI=1S/C24H19N/c1-18-9-8-14-24(25-18)21-15-16-22(19-10-4-2-5-11-19)23(17-21)20-12-6-3-7-13-20/h2-17H,1H3. The van der Waals surface area contributed by atoms with Gasteiger partial charge in [-0.15, -0.1) is 0 Å². The molecule has 4 aromatic rings. The molecule has 4 rings (SSSR count). The molecule has 0 aliphatic rings. The maximum Gasteiger partial charge on any atom is 0.0705 e. The van der Waals surface area contributed by atoms with Crippen LogP contribution < -0.4 is 0 Å². The molecule has 0 fully saturated rings. The van der Waals surface area contributed by atoms with Crippen LogP contribution in [0.25, 0.3) is 33.5 Å². The van der Waals surface area contributed by atoms with Crippen LogP contribution in [0.5, 0.6) is 0 Å². The van der Waals surface area contributed by atoms with E-state index in [9.17, 15) is 0 Å². The average Bonchev–Trinajstić information content (AvgIpc) is 2.69. The molecule has 3 aromatic carbocycles. The largest absolute Gasteiger partial charge is 0.253 e. The molecule has 0 unspecified atom stereocenters. The fourth-order valence-electron chi connectivity index (χ4n) is 3.13. The fourth-order valence-corrected chi connectivity index (χ4v) is 3.13. The van der Waals surface area contributed by atoms with Gasteiger partial charge >= 0.3 is 0 Å². The summed E-state index contributed by atoms with van der Waals surface area (Å²) in [6.45, 7) is 2.03. The monoisotopic (exact) mass is 321 g/mol. The van der Waals surface area contributed by atoms with Crippen molar-refractivity contribution in [2.24, 2.45) is 0 Å². The molecule has 0 aliphatic carbocycles. The van der Waals surface area contributed by atoms with Crippen LogP contribution >= 0.6 is 0 Å². The molecular weight excluding hydrogens is 302 g/mol. The van der Waals surface area contributed by atoms with Crippen molar-refractivity contribution in [3.8, 4) is 33.5 Å². The second kappa shape index (κ2) is 6.74. The predicted octanol–water partition coefficient (Wildman–Crippen LogP) is 6.39. The van der Waals surface area contributed by atoms with Crippen molar-refractivity contribution in [1.29, 1.82) is 0 Å². The lowest BCUT2D eigenvalue weighted by atomic mass is 9.92. The van der Waals surface area contributed by atoms with Gasteiger partial charge in [-0.25, -0.2) is 0 Å². The van der Waals surface area contributed by atoms with Gasteiger partial charge in [-0.05, 0) is 47.4 Å². The first-order valence-electron chi connectivity index (χ1n) is 8.50. The Morgan fingerprint density at radius 1 is 0.520 bits per heavy atom. The van der Waals surface area contributed by atoms with Crippen molar-refractivity contribution in [2.75, 3.05) is 0 Å². The van der Waals surface area contributed by atoms with E-state index in [4.69, 9.17) is 0 Å². The van der Waals surface area contributed by atoms with Crippen LogP contribution in [0.1, 0.15) is 5.69 Å². The van der Waals surface area contributed by atoms with Crippen LogP contribution in [-0.2, 0) is 0 Å². The number of rotatable bonds is 3. The highest BCUT2D eigenvalue weighted by Gasteiger charge is 2.10. The van der Waals surface area contributed by atoms with E-state index in [1.54, 1.807) is 0 Å². The van der Waals surface area contributed by atoms with Crippen molar-refractivity contribution in [2.45, 2.75) is 6.92 Å². The summed E-state index contributed by atoms with van der Waals surface area (Å²) in [7, 11) is 0. The third-order valence-corrected chi connectivity index (χ3v) is 4.37. The molecular formula is C24H19N. The second-order valence-electron chi connectivity index (χ2n) is 6.16. The topological polar surface area (TPSA) is 12.9 Å². The van der Waals surface area contributed by atoms with E-state index in [1.807, 2.05) is 13.0 Å². The van der Waals surface area contributed by atoms with Crippen molar-refractivity contribution >= 4 is 0 Å². The third kappa shape index (κ3) is 3.22. The van der Waals surface area contributed by atoms with Crippen molar-refractivity contribution in [1.82, 2.24) is 4.98 Å². The van der Waals surface area contributed by atoms with Gasteiger partial charge in [0.05, 0.1) is 5.69 Å². The minimum Gasteiger partial charge on any atom is -0.253 e. The number of benzene rings is 3. The Labute approximate surface area is 148 Å². The average molecular weight is 321 g/mol. The summed E-state index contributed by atoms with van der Waals surface area (Å²) >= 11 is 0. The Balaban J connectivity index is 1.92. The highest BCUT2D eigenvalue weighted by Crippen LogP contribution is 2.35. The summed E-state index contributed by atoms with van der Waals surface area (Å²) in [5, 5.41) is 0. The van der Waals surface area contributed by atoms with E-state index in [0.717, 1.165) is 17.0 Å². The van der Waals surface area contributed by atoms with E-state index >= 15 is 0 Å². The molecule has 0 radical (unpaired) electrons. The number of aromatic nitrogens is 1. The van der Waals surface area contributed by atoms with E-state index in [-0.39, 0.29) is 0 Å². The van der Waals surface area contributed by atoms with Gasteiger partial charge in [-0.1, -0.05) is 78.9 Å². The Hall–Kier alpha value is -3.19. The van der Waals surface area contributed by atoms with Crippen LogP contribution in [0.4, 0.5) is 0 Å². The van der Waals surface area contributed by atoms with Gasteiger partial charge in [0.2, 0.25) is 0 Å². The summed E-state index contributed by atoms with van der Waals surface area (Å²) < 4.78 is 0. The molecule has 1 heterocycles. The fraction of sp³-hybridized carbons (Fsp3) is 0.0417. The molecule has 0 N–H and O–H groups in total. The Bertz CT molecular complexity index is 989. The second-order valence-corrected chi connectivity index (χ2v) is 6.16. The summed E-state index contributed by atoms with van der Waals surface area (Å²) in [6, 6.07) is 33.9. The number of nitrogens with zero attached hydrogens (tertiary/aromatic N) is 1. The Morgan fingerprint density at radius 2 is 1.16 bits per heavy atom. The highest BCUT2D eigenvalue weighted by molar-refractivity contribution is 5.86. The van der Waals surface area contributed by atoms with Crippen LogP contribution in [0.3, 0.4) is 0 Å². The molecule has 0 amide bonds. The zero-order valence-corrected chi connectivity index (χ0v) is 14.2. The van der Waals surface area contributed by atoms with Gasteiger partial charge in [0.25, 0.3) is 0 Å². The zero-order chi connectivity index (χ0) is 17.1. The number of pyridine rings is 1. The summed E-state index contributed by atoms with van der Waals surface area (Å²) in [5.74, 6) is 0. The van der Waals surface area contributed by atoms with Gasteiger partial charge in [0.15, 0.2) is 0 Å². The SMILES string of the molecule is Cc1cccc(-c2ccc(-c3ccccc3)c(-c3ccccc3)c2)n1. The van der Waals surface area contributed by atoms with Gasteiger partial charge < -0.3 is 0 Å². The molecule has 0 bridgehead atoms. The van der Waals surface area contributed by atoms with E-state index in [0.29, 0.717) is 0 Å². The first-order chi connectivity index (χ1) is 12.3. The van der Waals surface area contributed by atoms with Crippen LogP contribution in [0.15, 0.2) is 97.1 Å². The lowest BCUT2D eigenvalue weighted by Crippen LogP contribution is -1.90. The summed E-state index contributed by atoms with van der Waals surface area (Å²) in [6.07, 6.45) is 0. The van der Waals surface area contributed by atoms with Crippen LogP contribution in [0, 0.1) is 6.92 Å². The molecule has 0 aliphatic heterocycles. The molecule has 0 spiro atoms. The van der Waals surface area contributed by atoms with Gasteiger partial charge in [-0.2, -0.15) is 0 Å². The number of aryl methyl sites for hydroxylation is 1. The lowest BCUT2D eigenvalue weighted by molar-refractivity contribution is 1.21. The van der Waals surface area contributed by atoms with Crippen molar-refractivity contribution in [3.05, 3.63) is 103 Å². The molecule has 120 valence electrons. The van der Waals surface area contributed by atoms with E-state index in [2.05, 4.69) is 96.0 Å². The quantitative estimate of drug-likeness (QED) is 0.426. The highest BCUT2D eigenvalue weighted by atomic mass is 14.7. The number of hydrogen-bond acceptors (Lipinski definition) is 1. The van der Waals surface area contributed by atoms with Gasteiger partial charge in [0, 0.05) is 11.3 Å². The van der Waals surface area contributed by atoms with E-state index in [1.165, 1.54) is 22.3 Å². The number of hydrogen-bond donors (Lipinski definition) is 0. The molecule has 1 nitrogen and oxygen atoms in total. The minimum absolute atomic E-state index is 1.01. The van der Waals surface area contributed by atoms with E-state index < -0.39 is 0 Å². The minimum atomic E-state index is 1.01. The Morgan fingerprint density at radius 3 is 1.80 bits per heavy atom. The first kappa shape index (κ1) is 15.3. The maximum atomic E-state index is 4.68. The molecule has 1 heteroatoms. The molecule has 0 atom stereocenters. The molecule has 1 aromatic heterocycles. The van der Waals surface area contributed by atoms with Gasteiger partial charge in [0.1, 0.15) is 0 Å². The first-order valence-corrected chi connectivity index (χ1v) is 8.50. The van der Waals surface area contributed by atoms with Gasteiger partial charge in [-0.3, -0.25) is 4.98 Å². The Kier molecular flexibility index (Phi) is 4.14. The normalized spacial score (nSPS) is 10.6. The lowest BCUT2D eigenvalue weighted by Gasteiger charge is -2.13. The molecule has 0 saturated carbocycles. The maximum absolute atomic E-state index is 4.68. The van der Waals surface area contributed by atoms with Crippen molar-refractivity contribution in [3.63, 3.8) is 0 Å². The van der Waals surface area contributed by atoms with Crippen molar-refractivity contribution < 1.29 is 0 Å². The molecule has 25 heavy (non-hydrogen) atoms. The predicted molar refractivity (Wildman–Crippen MR) is 105 cm³/mol. The summed E-state index contributed by atoms with van der Waals surface area (Å²) in [5.41, 5.74) is 8.10. The third-order valence-electron chi connectivity index (χ3n) is 4.37. The van der Waals surface area contributed by atoms with Crippen LogP contribution in [-0.4, -0.2) is 4.98 Å². The smallest absolute Gasteiger partial charge is 0.0705 e. The van der Waals surface area contributed by atoms with Crippen LogP contribution in [0.2, 0.25) is 0 Å². The summed E-state index contributed by atoms with van der Waals surface area (Å²) in [4.78, 5) is 4.68. The molecule has 0 saturated heterocycles.